The third kappa shape index (κ3) is 4.93. The highest BCUT2D eigenvalue weighted by molar-refractivity contribution is 9.11. The first kappa shape index (κ1) is 22.5. The van der Waals surface area contributed by atoms with E-state index in [0.29, 0.717) is 32.3 Å². The van der Waals surface area contributed by atoms with E-state index in [9.17, 15) is 4.79 Å². The van der Waals surface area contributed by atoms with Gasteiger partial charge in [0, 0.05) is 30.1 Å². The number of aryl methyl sites for hydroxylation is 1. The largest absolute Gasteiger partial charge is 0.411 e. The first-order valence-corrected chi connectivity index (χ1v) is 11.5. The molecule has 6 nitrogen and oxygen atoms in total. The zero-order valence-corrected chi connectivity index (χ0v) is 21.7. The number of hydrogen-bond acceptors (Lipinski definition) is 4. The molecule has 0 atom stereocenters. The SMILES string of the molecule is Cc1cc(Cl)cc(/C=N/O)c1NC(=O)c1cc(Br)nn1-c1c(Br)cc(Br)cc1Br. The van der Waals surface area contributed by atoms with Crippen LogP contribution in [0.5, 0.6) is 0 Å². The third-order valence-electron chi connectivity index (χ3n) is 3.87. The van der Waals surface area contributed by atoms with Crippen LogP contribution >= 0.6 is 75.3 Å². The van der Waals surface area contributed by atoms with Crippen molar-refractivity contribution in [3.63, 3.8) is 0 Å². The molecule has 150 valence electrons. The predicted octanol–water partition coefficient (Wildman–Crippen LogP) is 6.94. The summed E-state index contributed by atoms with van der Waals surface area (Å²) in [5, 5.41) is 19.7. The van der Waals surface area contributed by atoms with Crippen molar-refractivity contribution >= 4 is 93.1 Å². The summed E-state index contributed by atoms with van der Waals surface area (Å²) in [4.78, 5) is 13.1. The number of anilines is 1. The zero-order chi connectivity index (χ0) is 21.3. The number of carbonyl (C=O) groups excluding carboxylic acids is 1. The number of rotatable bonds is 4. The monoisotopic (exact) mass is 666 g/mol. The van der Waals surface area contributed by atoms with Gasteiger partial charge in [-0.25, -0.2) is 4.68 Å². The Morgan fingerprint density at radius 3 is 2.45 bits per heavy atom. The Kier molecular flexibility index (Phi) is 7.21. The van der Waals surface area contributed by atoms with E-state index >= 15 is 0 Å². The predicted molar refractivity (Wildman–Crippen MR) is 128 cm³/mol. The Hall–Kier alpha value is -1.20. The Morgan fingerprint density at radius 1 is 1.17 bits per heavy atom. The van der Waals surface area contributed by atoms with E-state index in [1.807, 2.05) is 12.1 Å². The molecule has 3 rings (SSSR count). The van der Waals surface area contributed by atoms with Crippen LogP contribution in [-0.4, -0.2) is 27.1 Å². The van der Waals surface area contributed by atoms with Crippen molar-refractivity contribution in [3.8, 4) is 5.69 Å². The van der Waals surface area contributed by atoms with Crippen LogP contribution in [0.2, 0.25) is 5.02 Å². The molecule has 0 spiro atoms. The van der Waals surface area contributed by atoms with Crippen LogP contribution in [0.3, 0.4) is 0 Å². The van der Waals surface area contributed by atoms with E-state index in [-0.39, 0.29) is 0 Å². The number of nitrogens with one attached hydrogen (secondary N) is 1. The lowest BCUT2D eigenvalue weighted by molar-refractivity contribution is 0.101. The third-order valence-corrected chi connectivity index (χ3v) is 6.14. The summed E-state index contributed by atoms with van der Waals surface area (Å²) >= 11 is 19.9. The number of benzene rings is 2. The average molecular weight is 670 g/mol. The van der Waals surface area contributed by atoms with Gasteiger partial charge in [-0.15, -0.1) is 0 Å². The fourth-order valence-corrected chi connectivity index (χ4v) is 5.95. The molecule has 0 saturated heterocycles. The molecule has 2 aromatic carbocycles. The van der Waals surface area contributed by atoms with Crippen LogP contribution < -0.4 is 5.32 Å². The molecule has 0 fully saturated rings. The van der Waals surface area contributed by atoms with E-state index in [0.717, 1.165) is 19.0 Å². The average Bonchev–Trinajstić information content (AvgIpc) is 2.98. The van der Waals surface area contributed by atoms with Crippen molar-refractivity contribution in [1.82, 2.24) is 9.78 Å². The van der Waals surface area contributed by atoms with Gasteiger partial charge in [-0.1, -0.05) is 32.7 Å². The number of oxime groups is 1. The minimum absolute atomic E-state index is 0.293. The van der Waals surface area contributed by atoms with Crippen LogP contribution in [0.25, 0.3) is 5.69 Å². The quantitative estimate of drug-likeness (QED) is 0.179. The van der Waals surface area contributed by atoms with E-state index in [4.69, 9.17) is 16.8 Å². The van der Waals surface area contributed by atoms with Gasteiger partial charge in [0.2, 0.25) is 0 Å². The Morgan fingerprint density at radius 2 is 1.83 bits per heavy atom. The molecule has 0 aliphatic carbocycles. The lowest BCUT2D eigenvalue weighted by Gasteiger charge is -2.14. The van der Waals surface area contributed by atoms with Crippen molar-refractivity contribution in [2.45, 2.75) is 6.92 Å². The zero-order valence-electron chi connectivity index (χ0n) is 14.6. The Balaban J connectivity index is 2.08. The number of carbonyl (C=O) groups is 1. The van der Waals surface area contributed by atoms with Gasteiger partial charge in [0.15, 0.2) is 0 Å². The molecular weight excluding hydrogens is 659 g/mol. The second-order valence-corrected chi connectivity index (χ2v) is 9.74. The molecule has 1 aromatic heterocycles. The summed E-state index contributed by atoms with van der Waals surface area (Å²) in [5.41, 5.74) is 2.63. The lowest BCUT2D eigenvalue weighted by Crippen LogP contribution is -2.19. The fraction of sp³-hybridized carbons (Fsp3) is 0.0556. The number of aromatic nitrogens is 2. The number of nitrogens with zero attached hydrogens (tertiary/aromatic N) is 3. The van der Waals surface area contributed by atoms with Gasteiger partial charge in [-0.2, -0.15) is 5.10 Å². The summed E-state index contributed by atoms with van der Waals surface area (Å²) in [6.07, 6.45) is 1.21. The van der Waals surface area contributed by atoms with Crippen molar-refractivity contribution < 1.29 is 10.0 Å². The molecule has 0 radical (unpaired) electrons. The van der Waals surface area contributed by atoms with Crippen molar-refractivity contribution in [2.75, 3.05) is 5.32 Å². The van der Waals surface area contributed by atoms with Gasteiger partial charge in [-0.3, -0.25) is 4.79 Å². The molecule has 0 aliphatic rings. The van der Waals surface area contributed by atoms with Gasteiger partial charge in [0.25, 0.3) is 5.91 Å². The standard InChI is InChI=1S/C18H11Br4ClN4O2/c1-8-2-11(23)3-9(7-24-29)16(8)25-18(28)14-6-15(22)26-27(14)17-12(20)4-10(19)5-13(17)21/h2-7,29H,1H3,(H,25,28)/b24-7+. The van der Waals surface area contributed by atoms with Crippen LogP contribution in [0.15, 0.2) is 53.5 Å². The van der Waals surface area contributed by atoms with Crippen LogP contribution in [0.4, 0.5) is 5.69 Å². The lowest BCUT2D eigenvalue weighted by atomic mass is 10.1. The molecule has 0 unspecified atom stereocenters. The fourth-order valence-electron chi connectivity index (χ4n) is 2.70. The second-order valence-electron chi connectivity index (χ2n) is 5.87. The Bertz CT molecular complexity index is 1120. The van der Waals surface area contributed by atoms with Gasteiger partial charge >= 0.3 is 0 Å². The summed E-state index contributed by atoms with van der Waals surface area (Å²) in [5.74, 6) is -0.400. The summed E-state index contributed by atoms with van der Waals surface area (Å²) in [7, 11) is 0. The van der Waals surface area contributed by atoms with E-state index < -0.39 is 5.91 Å². The summed E-state index contributed by atoms with van der Waals surface area (Å²) in [6.45, 7) is 1.80. The molecule has 0 aliphatic heterocycles. The Labute approximate surface area is 204 Å². The van der Waals surface area contributed by atoms with Gasteiger partial charge < -0.3 is 10.5 Å². The van der Waals surface area contributed by atoms with Crippen molar-refractivity contribution in [2.24, 2.45) is 5.16 Å². The number of hydrogen-bond donors (Lipinski definition) is 2. The van der Waals surface area contributed by atoms with E-state index in [1.165, 1.54) is 10.9 Å². The molecule has 1 heterocycles. The number of halogens is 5. The normalized spacial score (nSPS) is 11.2. The van der Waals surface area contributed by atoms with Crippen molar-refractivity contribution in [1.29, 1.82) is 0 Å². The second kappa shape index (κ2) is 9.30. The van der Waals surface area contributed by atoms with E-state index in [2.05, 4.69) is 79.3 Å². The minimum Gasteiger partial charge on any atom is -0.411 e. The molecule has 29 heavy (non-hydrogen) atoms. The maximum atomic E-state index is 13.1. The van der Waals surface area contributed by atoms with Crippen LogP contribution in [-0.2, 0) is 0 Å². The van der Waals surface area contributed by atoms with Crippen molar-refractivity contribution in [3.05, 3.63) is 70.2 Å². The molecule has 0 saturated carbocycles. The molecular formula is C18H11Br4ClN4O2. The highest BCUT2D eigenvalue weighted by Gasteiger charge is 2.21. The molecule has 11 heteroatoms. The molecule has 2 N–H and O–H groups in total. The summed E-state index contributed by atoms with van der Waals surface area (Å²) < 4.78 is 4.35. The van der Waals surface area contributed by atoms with Gasteiger partial charge in [0.1, 0.15) is 10.3 Å². The minimum atomic E-state index is -0.400. The maximum Gasteiger partial charge on any atom is 0.274 e. The highest BCUT2D eigenvalue weighted by atomic mass is 79.9. The van der Waals surface area contributed by atoms with Gasteiger partial charge in [0.05, 0.1) is 17.6 Å². The van der Waals surface area contributed by atoms with Crippen LogP contribution in [0, 0.1) is 6.92 Å². The summed E-state index contributed by atoms with van der Waals surface area (Å²) in [6, 6.07) is 8.63. The molecule has 0 bridgehead atoms. The first-order chi connectivity index (χ1) is 13.7. The van der Waals surface area contributed by atoms with Gasteiger partial charge in [-0.05, 0) is 84.5 Å². The maximum absolute atomic E-state index is 13.1. The molecule has 1 amide bonds. The topological polar surface area (TPSA) is 79.5 Å². The highest BCUT2D eigenvalue weighted by Crippen LogP contribution is 2.34. The van der Waals surface area contributed by atoms with Crippen LogP contribution in [0.1, 0.15) is 21.6 Å². The number of amides is 1. The van der Waals surface area contributed by atoms with E-state index in [1.54, 1.807) is 25.1 Å². The smallest absolute Gasteiger partial charge is 0.274 e. The first-order valence-electron chi connectivity index (χ1n) is 7.90. The molecule has 3 aromatic rings.